The Hall–Kier alpha value is -2.91. The molecule has 3 rings (SSSR count). The van der Waals surface area contributed by atoms with Crippen LogP contribution in [0.1, 0.15) is 12.3 Å². The van der Waals surface area contributed by atoms with Crippen LogP contribution in [0.2, 0.25) is 0 Å². The maximum atomic E-state index is 5.95. The van der Waals surface area contributed by atoms with Gasteiger partial charge >= 0.3 is 0 Å². The van der Waals surface area contributed by atoms with E-state index >= 15 is 0 Å². The van der Waals surface area contributed by atoms with Crippen molar-refractivity contribution in [2.24, 2.45) is 0 Å². The summed E-state index contributed by atoms with van der Waals surface area (Å²) in [5.74, 6) is 4.92. The molecule has 33 heavy (non-hydrogen) atoms. The summed E-state index contributed by atoms with van der Waals surface area (Å²) in [5.41, 5.74) is 0.709. The van der Waals surface area contributed by atoms with E-state index < -0.39 is 0 Å². The van der Waals surface area contributed by atoms with Gasteiger partial charge in [0.2, 0.25) is 17.5 Å². The van der Waals surface area contributed by atoms with Crippen LogP contribution in [-0.2, 0) is 5.75 Å². The van der Waals surface area contributed by atoms with Gasteiger partial charge in [-0.25, -0.2) is 0 Å². The molecule has 0 atom stereocenters. The number of benzene rings is 2. The highest BCUT2D eigenvalue weighted by Crippen LogP contribution is 2.41. The Balaban J connectivity index is 1.57. The number of ether oxygens (including phenoxy) is 4. The Morgan fingerprint density at radius 3 is 2.33 bits per heavy atom. The van der Waals surface area contributed by atoms with E-state index in [1.54, 1.807) is 26.0 Å². The third-order valence-corrected chi connectivity index (χ3v) is 5.54. The molecule has 178 valence electrons. The summed E-state index contributed by atoms with van der Waals surface area (Å²) in [6, 6.07) is 13.4. The first-order valence-corrected chi connectivity index (χ1v) is 11.9. The SMILES string of the molecule is COc1cc(-c2nnc(CSCCOc3ccccc3)o2)cc(OC)c1OCCCN(C)C. The number of rotatable bonds is 14. The number of methoxy groups -OCH3 is 2. The van der Waals surface area contributed by atoms with Crippen LogP contribution in [0.3, 0.4) is 0 Å². The van der Waals surface area contributed by atoms with Gasteiger partial charge in [-0.15, -0.1) is 22.0 Å². The summed E-state index contributed by atoms with van der Waals surface area (Å²) in [4.78, 5) is 2.11. The zero-order chi connectivity index (χ0) is 23.5. The van der Waals surface area contributed by atoms with Crippen molar-refractivity contribution in [3.8, 4) is 34.5 Å². The fourth-order valence-corrected chi connectivity index (χ4v) is 3.66. The molecule has 3 aromatic rings. The Morgan fingerprint density at radius 1 is 0.939 bits per heavy atom. The Morgan fingerprint density at radius 2 is 1.67 bits per heavy atom. The summed E-state index contributed by atoms with van der Waals surface area (Å²) in [7, 11) is 7.26. The minimum absolute atomic E-state index is 0.405. The number of nitrogens with zero attached hydrogens (tertiary/aromatic N) is 3. The molecule has 0 unspecified atom stereocenters. The molecule has 8 nitrogen and oxygen atoms in total. The topological polar surface area (TPSA) is 79.1 Å². The van der Waals surface area contributed by atoms with Gasteiger partial charge in [0.1, 0.15) is 5.75 Å². The number of hydrogen-bond acceptors (Lipinski definition) is 9. The molecule has 2 aromatic carbocycles. The second-order valence-corrected chi connectivity index (χ2v) is 8.54. The van der Waals surface area contributed by atoms with Crippen molar-refractivity contribution in [2.75, 3.05) is 53.8 Å². The largest absolute Gasteiger partial charge is 0.493 e. The fourth-order valence-electron chi connectivity index (χ4n) is 3.02. The maximum Gasteiger partial charge on any atom is 0.248 e. The average molecular weight is 474 g/mol. The first-order valence-electron chi connectivity index (χ1n) is 10.7. The van der Waals surface area contributed by atoms with Gasteiger partial charge in [0.05, 0.1) is 33.2 Å². The number of aromatic nitrogens is 2. The third-order valence-electron chi connectivity index (χ3n) is 4.64. The normalized spacial score (nSPS) is 10.9. The van der Waals surface area contributed by atoms with Crippen LogP contribution in [-0.4, -0.2) is 68.9 Å². The van der Waals surface area contributed by atoms with Crippen molar-refractivity contribution in [3.63, 3.8) is 0 Å². The lowest BCUT2D eigenvalue weighted by molar-refractivity contribution is 0.255. The molecule has 0 spiro atoms. The van der Waals surface area contributed by atoms with Crippen molar-refractivity contribution < 1.29 is 23.4 Å². The van der Waals surface area contributed by atoms with Crippen LogP contribution in [0, 0.1) is 0 Å². The summed E-state index contributed by atoms with van der Waals surface area (Å²) in [5, 5.41) is 8.35. The van der Waals surface area contributed by atoms with E-state index in [1.165, 1.54) is 0 Å². The second-order valence-electron chi connectivity index (χ2n) is 7.43. The monoisotopic (exact) mass is 473 g/mol. The quantitative estimate of drug-likeness (QED) is 0.317. The fraction of sp³-hybridized carbons (Fsp3) is 0.417. The van der Waals surface area contributed by atoms with Gasteiger partial charge in [-0.1, -0.05) is 18.2 Å². The smallest absolute Gasteiger partial charge is 0.248 e. The Bertz CT molecular complexity index is 956. The predicted molar refractivity (Wildman–Crippen MR) is 130 cm³/mol. The Labute approximate surface area is 199 Å². The number of thioether (sulfide) groups is 1. The van der Waals surface area contributed by atoms with Crippen LogP contribution in [0.4, 0.5) is 0 Å². The molecule has 0 amide bonds. The van der Waals surface area contributed by atoms with Gasteiger partial charge in [-0.05, 0) is 44.8 Å². The maximum absolute atomic E-state index is 5.95. The molecule has 0 N–H and O–H groups in total. The van der Waals surface area contributed by atoms with Crippen LogP contribution >= 0.6 is 11.8 Å². The van der Waals surface area contributed by atoms with Crippen molar-refractivity contribution in [2.45, 2.75) is 12.2 Å². The molecule has 0 fully saturated rings. The number of hydrogen-bond donors (Lipinski definition) is 0. The first kappa shape index (κ1) is 24.7. The van der Waals surface area contributed by atoms with Crippen molar-refractivity contribution in [3.05, 3.63) is 48.4 Å². The second kappa shape index (κ2) is 13.0. The molecule has 9 heteroatoms. The van der Waals surface area contributed by atoms with Crippen molar-refractivity contribution in [1.29, 1.82) is 0 Å². The average Bonchev–Trinajstić information content (AvgIpc) is 3.30. The number of para-hydroxylation sites is 1. The van der Waals surface area contributed by atoms with Crippen LogP contribution < -0.4 is 18.9 Å². The van der Waals surface area contributed by atoms with E-state index in [1.807, 2.05) is 56.6 Å². The van der Waals surface area contributed by atoms with Gasteiger partial charge in [-0.3, -0.25) is 0 Å². The molecule has 0 aliphatic carbocycles. The zero-order valence-electron chi connectivity index (χ0n) is 19.6. The molecule has 0 aliphatic heterocycles. The highest BCUT2D eigenvalue weighted by Gasteiger charge is 2.18. The lowest BCUT2D eigenvalue weighted by Crippen LogP contribution is -2.15. The van der Waals surface area contributed by atoms with Crippen LogP contribution in [0.15, 0.2) is 46.9 Å². The minimum atomic E-state index is 0.405. The molecule has 0 saturated carbocycles. The van der Waals surface area contributed by atoms with E-state index in [4.69, 9.17) is 23.4 Å². The van der Waals surface area contributed by atoms with Gasteiger partial charge in [0, 0.05) is 17.9 Å². The van der Waals surface area contributed by atoms with E-state index in [0.717, 1.165) is 24.5 Å². The molecular weight excluding hydrogens is 442 g/mol. The molecule has 0 bridgehead atoms. The Kier molecular flexibility index (Phi) is 9.71. The third kappa shape index (κ3) is 7.57. The molecule has 1 aromatic heterocycles. The standard InChI is InChI=1S/C24H31N3O5S/c1-27(2)11-8-12-31-23-20(28-3)15-18(16-21(23)29-4)24-26-25-22(32-24)17-33-14-13-30-19-9-6-5-7-10-19/h5-7,9-10,15-16H,8,11-14,17H2,1-4H3. The summed E-state index contributed by atoms with van der Waals surface area (Å²) >= 11 is 1.67. The molecule has 0 radical (unpaired) electrons. The summed E-state index contributed by atoms with van der Waals surface area (Å²) in [6.45, 7) is 2.10. The molecule has 1 heterocycles. The molecule has 0 aliphatic rings. The molecule has 0 saturated heterocycles. The zero-order valence-corrected chi connectivity index (χ0v) is 20.4. The van der Waals surface area contributed by atoms with Crippen LogP contribution in [0.25, 0.3) is 11.5 Å². The highest BCUT2D eigenvalue weighted by atomic mass is 32.2. The highest BCUT2D eigenvalue weighted by molar-refractivity contribution is 7.98. The minimum Gasteiger partial charge on any atom is -0.493 e. The predicted octanol–water partition coefficient (Wildman–Crippen LogP) is 4.40. The van der Waals surface area contributed by atoms with E-state index in [0.29, 0.717) is 53.6 Å². The van der Waals surface area contributed by atoms with E-state index in [2.05, 4.69) is 15.1 Å². The van der Waals surface area contributed by atoms with E-state index in [9.17, 15) is 0 Å². The van der Waals surface area contributed by atoms with Gasteiger partial charge in [0.15, 0.2) is 11.5 Å². The van der Waals surface area contributed by atoms with Crippen molar-refractivity contribution >= 4 is 11.8 Å². The molecular formula is C24H31N3O5S. The summed E-state index contributed by atoms with van der Waals surface area (Å²) in [6.07, 6.45) is 0.891. The lowest BCUT2D eigenvalue weighted by Gasteiger charge is -2.16. The van der Waals surface area contributed by atoms with Gasteiger partial charge in [0.25, 0.3) is 0 Å². The summed E-state index contributed by atoms with van der Waals surface area (Å²) < 4.78 is 28.6. The van der Waals surface area contributed by atoms with Gasteiger partial charge < -0.3 is 28.3 Å². The van der Waals surface area contributed by atoms with Gasteiger partial charge in [-0.2, -0.15) is 0 Å². The van der Waals surface area contributed by atoms with Crippen molar-refractivity contribution in [1.82, 2.24) is 15.1 Å². The van der Waals surface area contributed by atoms with Crippen LogP contribution in [0.5, 0.6) is 23.0 Å². The van der Waals surface area contributed by atoms with E-state index in [-0.39, 0.29) is 0 Å². The first-order chi connectivity index (χ1) is 16.1. The lowest BCUT2D eigenvalue weighted by atomic mass is 10.2.